The Morgan fingerprint density at radius 1 is 1.26 bits per heavy atom. The lowest BCUT2D eigenvalue weighted by atomic mass is 10.1. The van der Waals surface area contributed by atoms with Gasteiger partial charge in [-0.1, -0.05) is 0 Å². The van der Waals surface area contributed by atoms with Gasteiger partial charge in [-0.15, -0.1) is 0 Å². The van der Waals surface area contributed by atoms with Crippen molar-refractivity contribution in [2.24, 2.45) is 5.73 Å². The molecule has 1 aromatic carbocycles. The van der Waals surface area contributed by atoms with Gasteiger partial charge < -0.3 is 20.5 Å². The first-order chi connectivity index (χ1) is 9.12. The van der Waals surface area contributed by atoms with Crippen LogP contribution in [-0.2, 0) is 0 Å². The number of carbonyl (C=O) groups is 1. The Bertz CT molecular complexity index is 421. The van der Waals surface area contributed by atoms with E-state index in [9.17, 15) is 4.79 Å². The van der Waals surface area contributed by atoms with Gasteiger partial charge in [-0.25, -0.2) is 0 Å². The number of benzene rings is 1. The number of hydrogen-bond donors (Lipinski definition) is 2. The molecule has 5 nitrogen and oxygen atoms in total. The van der Waals surface area contributed by atoms with Crippen LogP contribution in [0.4, 0.5) is 0 Å². The smallest absolute Gasteiger partial charge is 0.251 e. The van der Waals surface area contributed by atoms with Crippen LogP contribution in [0.1, 0.15) is 31.1 Å². The largest absolute Gasteiger partial charge is 0.490 e. The lowest BCUT2D eigenvalue weighted by Crippen LogP contribution is -2.37. The number of rotatable bonds is 7. The van der Waals surface area contributed by atoms with Gasteiger partial charge in [0.15, 0.2) is 11.5 Å². The molecule has 0 bridgehead atoms. The van der Waals surface area contributed by atoms with E-state index < -0.39 is 0 Å². The Hall–Kier alpha value is -1.75. The van der Waals surface area contributed by atoms with Crippen LogP contribution in [0.25, 0.3) is 0 Å². The molecular formula is C14H22N2O3. The topological polar surface area (TPSA) is 73.6 Å². The lowest BCUT2D eigenvalue weighted by Gasteiger charge is -2.14. The standard InChI is InChI=1S/C14H22N2O3/c1-4-18-12-7-6-11(8-13(12)19-5-2)14(17)16-10(3)9-15/h6-8,10H,4-5,9,15H2,1-3H3,(H,16,17). The van der Waals surface area contributed by atoms with Gasteiger partial charge >= 0.3 is 0 Å². The second-order valence-corrected chi connectivity index (χ2v) is 4.14. The molecule has 0 aliphatic rings. The summed E-state index contributed by atoms with van der Waals surface area (Å²) < 4.78 is 10.9. The second-order valence-electron chi connectivity index (χ2n) is 4.14. The Labute approximate surface area is 114 Å². The highest BCUT2D eigenvalue weighted by atomic mass is 16.5. The van der Waals surface area contributed by atoms with E-state index in [2.05, 4.69) is 5.32 Å². The van der Waals surface area contributed by atoms with Crippen molar-refractivity contribution in [1.82, 2.24) is 5.32 Å². The summed E-state index contributed by atoms with van der Waals surface area (Å²) in [5.74, 6) is 1.06. The second kappa shape index (κ2) is 7.63. The molecule has 1 unspecified atom stereocenters. The molecular weight excluding hydrogens is 244 g/mol. The SMILES string of the molecule is CCOc1ccc(C(=O)NC(C)CN)cc1OCC. The summed E-state index contributed by atoms with van der Waals surface area (Å²) in [6.45, 7) is 7.12. The summed E-state index contributed by atoms with van der Waals surface area (Å²) >= 11 is 0. The highest BCUT2D eigenvalue weighted by Crippen LogP contribution is 2.28. The van der Waals surface area contributed by atoms with Crippen LogP contribution in [-0.4, -0.2) is 31.7 Å². The summed E-state index contributed by atoms with van der Waals surface area (Å²) in [6.07, 6.45) is 0. The molecule has 0 aliphatic carbocycles. The fourth-order valence-corrected chi connectivity index (χ4v) is 1.56. The molecule has 0 saturated heterocycles. The van der Waals surface area contributed by atoms with E-state index in [-0.39, 0.29) is 11.9 Å². The Morgan fingerprint density at radius 3 is 2.47 bits per heavy atom. The average molecular weight is 266 g/mol. The van der Waals surface area contributed by atoms with E-state index in [1.54, 1.807) is 18.2 Å². The molecule has 0 aliphatic heterocycles. The maximum absolute atomic E-state index is 12.0. The van der Waals surface area contributed by atoms with Crippen molar-refractivity contribution in [3.63, 3.8) is 0 Å². The van der Waals surface area contributed by atoms with Gasteiger partial charge in [0.05, 0.1) is 13.2 Å². The first-order valence-corrected chi connectivity index (χ1v) is 6.52. The summed E-state index contributed by atoms with van der Waals surface area (Å²) in [7, 11) is 0. The molecule has 0 spiro atoms. The van der Waals surface area contributed by atoms with Gasteiger partial charge in [0.25, 0.3) is 5.91 Å². The van der Waals surface area contributed by atoms with E-state index in [1.807, 2.05) is 20.8 Å². The van der Waals surface area contributed by atoms with Crippen molar-refractivity contribution in [3.05, 3.63) is 23.8 Å². The molecule has 0 fully saturated rings. The molecule has 19 heavy (non-hydrogen) atoms. The minimum atomic E-state index is -0.165. The molecule has 0 radical (unpaired) electrons. The van der Waals surface area contributed by atoms with Gasteiger partial charge in [-0.3, -0.25) is 4.79 Å². The molecule has 1 rings (SSSR count). The Kier molecular flexibility index (Phi) is 6.15. The molecule has 1 atom stereocenters. The van der Waals surface area contributed by atoms with Gasteiger partial charge in [-0.2, -0.15) is 0 Å². The van der Waals surface area contributed by atoms with Crippen molar-refractivity contribution in [1.29, 1.82) is 0 Å². The molecule has 0 aromatic heterocycles. The zero-order valence-corrected chi connectivity index (χ0v) is 11.7. The summed E-state index contributed by atoms with van der Waals surface area (Å²) in [5, 5.41) is 2.81. The monoisotopic (exact) mass is 266 g/mol. The van der Waals surface area contributed by atoms with Crippen LogP contribution in [0.15, 0.2) is 18.2 Å². The zero-order valence-electron chi connectivity index (χ0n) is 11.7. The summed E-state index contributed by atoms with van der Waals surface area (Å²) in [4.78, 5) is 12.0. The third kappa shape index (κ3) is 4.44. The van der Waals surface area contributed by atoms with Crippen molar-refractivity contribution in [3.8, 4) is 11.5 Å². The molecule has 1 amide bonds. The van der Waals surface area contributed by atoms with Crippen LogP contribution >= 0.6 is 0 Å². The van der Waals surface area contributed by atoms with E-state index >= 15 is 0 Å². The fraction of sp³-hybridized carbons (Fsp3) is 0.500. The fourth-order valence-electron chi connectivity index (χ4n) is 1.56. The van der Waals surface area contributed by atoms with E-state index in [1.165, 1.54) is 0 Å². The number of amides is 1. The van der Waals surface area contributed by atoms with Gasteiger partial charge in [-0.05, 0) is 39.0 Å². The number of ether oxygens (including phenoxy) is 2. The minimum absolute atomic E-state index is 0.0605. The third-order valence-electron chi connectivity index (χ3n) is 2.54. The van der Waals surface area contributed by atoms with Gasteiger partial charge in [0.1, 0.15) is 0 Å². The minimum Gasteiger partial charge on any atom is -0.490 e. The number of nitrogens with two attached hydrogens (primary N) is 1. The van der Waals surface area contributed by atoms with Crippen molar-refractivity contribution in [2.45, 2.75) is 26.8 Å². The Balaban J connectivity index is 2.90. The first-order valence-electron chi connectivity index (χ1n) is 6.52. The number of hydrogen-bond acceptors (Lipinski definition) is 4. The zero-order chi connectivity index (χ0) is 14.3. The molecule has 3 N–H and O–H groups in total. The maximum Gasteiger partial charge on any atom is 0.251 e. The van der Waals surface area contributed by atoms with Crippen molar-refractivity contribution < 1.29 is 14.3 Å². The van der Waals surface area contributed by atoms with Crippen LogP contribution in [0.5, 0.6) is 11.5 Å². The predicted octanol–water partition coefficient (Wildman–Crippen LogP) is 1.56. The van der Waals surface area contributed by atoms with Crippen LogP contribution in [0, 0.1) is 0 Å². The Morgan fingerprint density at radius 2 is 1.89 bits per heavy atom. The molecule has 0 saturated carbocycles. The number of nitrogens with one attached hydrogen (secondary N) is 1. The molecule has 5 heteroatoms. The molecule has 106 valence electrons. The summed E-state index contributed by atoms with van der Waals surface area (Å²) in [5.41, 5.74) is 6.01. The quantitative estimate of drug-likeness (QED) is 0.785. The van der Waals surface area contributed by atoms with E-state index in [0.29, 0.717) is 36.8 Å². The summed E-state index contributed by atoms with van der Waals surface area (Å²) in [6, 6.07) is 5.09. The van der Waals surface area contributed by atoms with Crippen LogP contribution in [0.2, 0.25) is 0 Å². The van der Waals surface area contributed by atoms with E-state index in [0.717, 1.165) is 0 Å². The van der Waals surface area contributed by atoms with Crippen LogP contribution in [0.3, 0.4) is 0 Å². The highest BCUT2D eigenvalue weighted by molar-refractivity contribution is 5.95. The van der Waals surface area contributed by atoms with Crippen LogP contribution < -0.4 is 20.5 Å². The van der Waals surface area contributed by atoms with Crippen molar-refractivity contribution in [2.75, 3.05) is 19.8 Å². The first kappa shape index (κ1) is 15.3. The average Bonchev–Trinajstić information content (AvgIpc) is 2.41. The number of carbonyl (C=O) groups excluding carboxylic acids is 1. The predicted molar refractivity (Wildman–Crippen MR) is 74.8 cm³/mol. The molecule has 1 aromatic rings. The maximum atomic E-state index is 12.0. The van der Waals surface area contributed by atoms with Gasteiger partial charge in [0, 0.05) is 18.2 Å². The van der Waals surface area contributed by atoms with Gasteiger partial charge in [0.2, 0.25) is 0 Å². The van der Waals surface area contributed by atoms with E-state index in [4.69, 9.17) is 15.2 Å². The third-order valence-corrected chi connectivity index (χ3v) is 2.54. The lowest BCUT2D eigenvalue weighted by molar-refractivity contribution is 0.0940. The normalized spacial score (nSPS) is 11.8. The molecule has 0 heterocycles. The van der Waals surface area contributed by atoms with Crippen molar-refractivity contribution >= 4 is 5.91 Å². The highest BCUT2D eigenvalue weighted by Gasteiger charge is 2.12.